The number of hydrogen-bond acceptors (Lipinski definition) is 4. The first-order valence-corrected chi connectivity index (χ1v) is 5.73. The summed E-state index contributed by atoms with van der Waals surface area (Å²) in [6, 6.07) is 2.72. The third-order valence-corrected chi connectivity index (χ3v) is 2.77. The summed E-state index contributed by atoms with van der Waals surface area (Å²) in [4.78, 5) is 20.9. The van der Waals surface area contributed by atoms with Crippen LogP contribution in [0.5, 0.6) is 5.75 Å². The summed E-state index contributed by atoms with van der Waals surface area (Å²) in [5.74, 6) is -0.689. The van der Waals surface area contributed by atoms with Gasteiger partial charge in [-0.05, 0) is 6.07 Å². The van der Waals surface area contributed by atoms with E-state index in [4.69, 9.17) is 9.84 Å². The predicted molar refractivity (Wildman–Crippen MR) is 63.6 cm³/mol. The van der Waals surface area contributed by atoms with Gasteiger partial charge in [-0.3, -0.25) is 14.9 Å². The minimum atomic E-state index is -1.12. The Hall–Kier alpha value is -1.63. The van der Waals surface area contributed by atoms with Crippen molar-refractivity contribution in [2.24, 2.45) is 0 Å². The number of carbonyl (C=O) groups is 1. The van der Waals surface area contributed by atoms with Crippen LogP contribution in [0.25, 0.3) is 0 Å². The Balaban J connectivity index is 3.34. The highest BCUT2D eigenvalue weighted by atomic mass is 79.9. The standard InChI is InChI=1S/C10H10BrNO5/c1-17-9-3-6(4-10(13)14)8(12(15)16)2-7(9)5-11/h2-3H,4-5H2,1H3,(H,13,14). The zero-order valence-corrected chi connectivity index (χ0v) is 10.6. The van der Waals surface area contributed by atoms with Crippen LogP contribution in [-0.4, -0.2) is 23.1 Å². The summed E-state index contributed by atoms with van der Waals surface area (Å²) in [6.07, 6.45) is -0.408. The maximum atomic E-state index is 10.8. The first kappa shape index (κ1) is 13.4. The maximum Gasteiger partial charge on any atom is 0.308 e. The highest BCUT2D eigenvalue weighted by molar-refractivity contribution is 9.08. The molecule has 1 aromatic carbocycles. The Morgan fingerprint density at radius 2 is 2.18 bits per heavy atom. The van der Waals surface area contributed by atoms with Crippen LogP contribution in [0.3, 0.4) is 0 Å². The average molecular weight is 304 g/mol. The number of carboxylic acids is 1. The van der Waals surface area contributed by atoms with Crippen molar-refractivity contribution in [1.29, 1.82) is 0 Å². The summed E-state index contributed by atoms with van der Waals surface area (Å²) in [5.41, 5.74) is 0.528. The fourth-order valence-electron chi connectivity index (χ4n) is 1.42. The van der Waals surface area contributed by atoms with Crippen molar-refractivity contribution in [2.45, 2.75) is 11.8 Å². The van der Waals surface area contributed by atoms with Gasteiger partial charge in [0.1, 0.15) is 5.75 Å². The van der Waals surface area contributed by atoms with Gasteiger partial charge in [0.2, 0.25) is 0 Å². The number of carboxylic acid groups (broad SMARTS) is 1. The van der Waals surface area contributed by atoms with Gasteiger partial charge in [0, 0.05) is 22.5 Å². The molecule has 0 unspecified atom stereocenters. The van der Waals surface area contributed by atoms with Crippen molar-refractivity contribution in [2.75, 3.05) is 7.11 Å². The molecule has 0 amide bonds. The molecule has 0 aliphatic heterocycles. The first-order chi connectivity index (χ1) is 7.99. The van der Waals surface area contributed by atoms with E-state index in [1.165, 1.54) is 19.2 Å². The lowest BCUT2D eigenvalue weighted by Crippen LogP contribution is -2.05. The molecule has 0 radical (unpaired) electrons. The highest BCUT2D eigenvalue weighted by Crippen LogP contribution is 2.30. The maximum absolute atomic E-state index is 10.8. The summed E-state index contributed by atoms with van der Waals surface area (Å²) in [6.45, 7) is 0. The smallest absolute Gasteiger partial charge is 0.308 e. The molecule has 7 heteroatoms. The van der Waals surface area contributed by atoms with Crippen LogP contribution < -0.4 is 4.74 Å². The van der Waals surface area contributed by atoms with E-state index >= 15 is 0 Å². The highest BCUT2D eigenvalue weighted by Gasteiger charge is 2.20. The van der Waals surface area contributed by atoms with Gasteiger partial charge in [-0.25, -0.2) is 0 Å². The molecule has 0 bridgehead atoms. The number of benzene rings is 1. The minimum Gasteiger partial charge on any atom is -0.496 e. The number of nitro groups is 1. The fraction of sp³-hybridized carbons (Fsp3) is 0.300. The fourth-order valence-corrected chi connectivity index (χ4v) is 1.86. The molecule has 0 saturated heterocycles. The van der Waals surface area contributed by atoms with Gasteiger partial charge in [-0.1, -0.05) is 15.9 Å². The largest absolute Gasteiger partial charge is 0.496 e. The second-order valence-electron chi connectivity index (χ2n) is 3.25. The second-order valence-corrected chi connectivity index (χ2v) is 3.81. The minimum absolute atomic E-state index is 0.129. The van der Waals surface area contributed by atoms with Crippen molar-refractivity contribution >= 4 is 27.6 Å². The van der Waals surface area contributed by atoms with E-state index < -0.39 is 17.3 Å². The number of methoxy groups -OCH3 is 1. The topological polar surface area (TPSA) is 89.7 Å². The van der Waals surface area contributed by atoms with Crippen molar-refractivity contribution in [3.63, 3.8) is 0 Å². The molecule has 6 nitrogen and oxygen atoms in total. The molecule has 17 heavy (non-hydrogen) atoms. The third-order valence-electron chi connectivity index (χ3n) is 2.16. The lowest BCUT2D eigenvalue weighted by atomic mass is 10.1. The van der Waals surface area contributed by atoms with Gasteiger partial charge in [-0.2, -0.15) is 0 Å². The molecule has 0 fully saturated rings. The molecule has 0 saturated carbocycles. The van der Waals surface area contributed by atoms with Gasteiger partial charge in [-0.15, -0.1) is 0 Å². The summed E-state index contributed by atoms with van der Waals surface area (Å²) >= 11 is 3.19. The van der Waals surface area contributed by atoms with E-state index in [0.717, 1.165) is 0 Å². The van der Waals surface area contributed by atoms with Crippen LogP contribution in [0.2, 0.25) is 0 Å². The van der Waals surface area contributed by atoms with Gasteiger partial charge in [0.05, 0.1) is 18.5 Å². The van der Waals surface area contributed by atoms with E-state index in [9.17, 15) is 14.9 Å². The Morgan fingerprint density at radius 3 is 2.59 bits per heavy atom. The quantitative estimate of drug-likeness (QED) is 0.511. The SMILES string of the molecule is COc1cc(CC(=O)O)c([N+](=O)[O-])cc1CBr. The van der Waals surface area contributed by atoms with Crippen LogP contribution >= 0.6 is 15.9 Å². The number of aliphatic carboxylic acids is 1. The molecule has 0 spiro atoms. The molecular formula is C10H10BrNO5. The number of rotatable bonds is 5. The number of ether oxygens (including phenoxy) is 1. The van der Waals surface area contributed by atoms with Crippen LogP contribution in [0.15, 0.2) is 12.1 Å². The molecule has 1 rings (SSSR count). The second kappa shape index (κ2) is 5.62. The number of nitro benzene ring substituents is 1. The summed E-state index contributed by atoms with van der Waals surface area (Å²) < 4.78 is 5.05. The van der Waals surface area contributed by atoms with E-state index in [2.05, 4.69) is 15.9 Å². The molecule has 1 N–H and O–H groups in total. The lowest BCUT2D eigenvalue weighted by molar-refractivity contribution is -0.385. The number of alkyl halides is 1. The predicted octanol–water partition coefficient (Wildman–Crippen LogP) is 2.13. The third kappa shape index (κ3) is 3.16. The summed E-state index contributed by atoms with van der Waals surface area (Å²) in [5, 5.41) is 19.9. The van der Waals surface area contributed by atoms with E-state index in [1.54, 1.807) is 0 Å². The van der Waals surface area contributed by atoms with Gasteiger partial charge in [0.15, 0.2) is 0 Å². The molecular weight excluding hydrogens is 294 g/mol. The Morgan fingerprint density at radius 1 is 1.53 bits per heavy atom. The Labute approximate surface area is 105 Å². The molecule has 92 valence electrons. The van der Waals surface area contributed by atoms with Crippen molar-refractivity contribution in [3.8, 4) is 5.75 Å². The number of hydrogen-bond donors (Lipinski definition) is 1. The molecule has 0 heterocycles. The van der Waals surface area contributed by atoms with Crippen LogP contribution in [0.4, 0.5) is 5.69 Å². The number of halogens is 1. The van der Waals surface area contributed by atoms with Crippen LogP contribution in [-0.2, 0) is 16.5 Å². The zero-order valence-electron chi connectivity index (χ0n) is 8.97. The average Bonchev–Trinajstić information content (AvgIpc) is 2.27. The van der Waals surface area contributed by atoms with Crippen molar-refractivity contribution in [3.05, 3.63) is 33.4 Å². The van der Waals surface area contributed by atoms with Gasteiger partial charge in [0.25, 0.3) is 5.69 Å². The zero-order chi connectivity index (χ0) is 13.0. The lowest BCUT2D eigenvalue weighted by Gasteiger charge is -2.08. The number of nitrogens with zero attached hydrogens (tertiary/aromatic N) is 1. The normalized spacial score (nSPS) is 10.0. The van der Waals surface area contributed by atoms with Gasteiger partial charge < -0.3 is 9.84 Å². The molecule has 0 aliphatic rings. The molecule has 0 aromatic heterocycles. The van der Waals surface area contributed by atoms with E-state index in [-0.39, 0.29) is 11.3 Å². The molecule has 1 aromatic rings. The van der Waals surface area contributed by atoms with Crippen LogP contribution in [0, 0.1) is 10.1 Å². The van der Waals surface area contributed by atoms with E-state index in [1.807, 2.05) is 0 Å². The van der Waals surface area contributed by atoms with Crippen molar-refractivity contribution in [1.82, 2.24) is 0 Å². The first-order valence-electron chi connectivity index (χ1n) is 4.61. The molecule has 0 atom stereocenters. The monoisotopic (exact) mass is 303 g/mol. The van der Waals surface area contributed by atoms with E-state index in [0.29, 0.717) is 16.6 Å². The van der Waals surface area contributed by atoms with Crippen molar-refractivity contribution < 1.29 is 19.6 Å². The van der Waals surface area contributed by atoms with Crippen LogP contribution in [0.1, 0.15) is 11.1 Å². The van der Waals surface area contributed by atoms with Gasteiger partial charge >= 0.3 is 5.97 Å². The Kier molecular flexibility index (Phi) is 4.45. The Bertz CT molecular complexity index is 460. The molecule has 0 aliphatic carbocycles. The summed E-state index contributed by atoms with van der Waals surface area (Å²) in [7, 11) is 1.43.